The minimum absolute atomic E-state index is 0.189. The Balaban J connectivity index is 1.15. The van der Waals surface area contributed by atoms with Crippen LogP contribution < -0.4 is 25.5 Å². The first-order valence-corrected chi connectivity index (χ1v) is 23.8. The van der Waals surface area contributed by atoms with Gasteiger partial charge >= 0.3 is 6.85 Å². The third-order valence-corrected chi connectivity index (χ3v) is 14.7. The van der Waals surface area contributed by atoms with Crippen LogP contribution >= 0.6 is 0 Å². The first-order valence-electron chi connectivity index (χ1n) is 23.8. The fourth-order valence-electron chi connectivity index (χ4n) is 11.6. The molecule has 0 spiro atoms. The van der Waals surface area contributed by atoms with Crippen LogP contribution in [-0.2, 0) is 5.41 Å². The van der Waals surface area contributed by atoms with E-state index in [1.807, 2.05) is 0 Å². The van der Waals surface area contributed by atoms with E-state index in [1.165, 1.54) is 94.9 Å². The molecule has 322 valence electrons. The van der Waals surface area contributed by atoms with Gasteiger partial charge in [-0.15, -0.1) is 0 Å². The third kappa shape index (κ3) is 6.14. The predicted octanol–water partition coefficient (Wildman–Crippen LogP) is 15.8. The van der Waals surface area contributed by atoms with Crippen LogP contribution in [0.5, 0.6) is 0 Å². The Hall–Kier alpha value is -8.34. The van der Waals surface area contributed by atoms with Gasteiger partial charge in [0.1, 0.15) is 0 Å². The molecule has 0 amide bonds. The normalized spacial score (nSPS) is 13.5. The van der Waals surface area contributed by atoms with Gasteiger partial charge in [-0.2, -0.15) is 0 Å². The molecule has 0 saturated heterocycles. The van der Waals surface area contributed by atoms with Crippen molar-refractivity contribution in [1.29, 1.82) is 0 Å². The van der Waals surface area contributed by atoms with E-state index >= 15 is 0 Å². The Bertz CT molecular complexity index is 3530. The number of anilines is 8. The molecule has 0 aromatic heterocycles. The fraction of sp³-hybridized carbons (Fsp3) is 0.0625. The summed E-state index contributed by atoms with van der Waals surface area (Å²) in [6.45, 7) is 6.93. The van der Waals surface area contributed by atoms with Gasteiger partial charge in [-0.1, -0.05) is 172 Å². The molecule has 2 aliphatic heterocycles. The molecular weight excluding hydrogens is 822 g/mol. The number of hydrogen-bond acceptors (Lipinski definition) is 3. The van der Waals surface area contributed by atoms with E-state index in [0.717, 1.165) is 22.7 Å². The molecule has 1 aliphatic carbocycles. The summed E-state index contributed by atoms with van der Waals surface area (Å²) in [5, 5.41) is 0. The van der Waals surface area contributed by atoms with Gasteiger partial charge in [0.25, 0.3) is 0 Å². The highest BCUT2D eigenvalue weighted by molar-refractivity contribution is 6.94. The summed E-state index contributed by atoms with van der Waals surface area (Å²) in [5.74, 6) is 0. The second-order valence-electron chi connectivity index (χ2n) is 18.9. The molecular formula is C64H48BN3. The monoisotopic (exact) mass is 869 g/mol. The van der Waals surface area contributed by atoms with Crippen molar-refractivity contribution in [2.24, 2.45) is 0 Å². The maximum atomic E-state index is 2.65. The van der Waals surface area contributed by atoms with Crippen LogP contribution in [0.25, 0.3) is 44.5 Å². The zero-order valence-electron chi connectivity index (χ0n) is 38.4. The van der Waals surface area contributed by atoms with Gasteiger partial charge in [-0.3, -0.25) is 0 Å². The second-order valence-corrected chi connectivity index (χ2v) is 18.9. The van der Waals surface area contributed by atoms with Crippen molar-refractivity contribution in [3.8, 4) is 44.5 Å². The first-order chi connectivity index (χ1) is 33.4. The Labute approximate surface area is 400 Å². The molecule has 4 heteroatoms. The molecule has 3 nitrogen and oxygen atoms in total. The molecule has 3 aliphatic rings. The van der Waals surface area contributed by atoms with Gasteiger partial charge in [-0.25, -0.2) is 0 Å². The zero-order chi connectivity index (χ0) is 45.5. The molecule has 0 bridgehead atoms. The minimum Gasteiger partial charge on any atom is -0.376 e. The molecule has 0 unspecified atom stereocenters. The topological polar surface area (TPSA) is 9.72 Å². The van der Waals surface area contributed by atoms with Gasteiger partial charge < -0.3 is 14.6 Å². The Morgan fingerprint density at radius 3 is 1.66 bits per heavy atom. The number of para-hydroxylation sites is 3. The summed E-state index contributed by atoms with van der Waals surface area (Å²) in [6, 6.07) is 87.4. The van der Waals surface area contributed by atoms with Crippen molar-refractivity contribution in [3.63, 3.8) is 0 Å². The fourth-order valence-corrected chi connectivity index (χ4v) is 11.6. The average molecular weight is 870 g/mol. The van der Waals surface area contributed by atoms with E-state index in [0.29, 0.717) is 0 Å². The summed E-state index contributed by atoms with van der Waals surface area (Å²) in [4.78, 5) is 7.68. The molecule has 10 aromatic rings. The summed E-state index contributed by atoms with van der Waals surface area (Å²) in [5.41, 5.74) is 25.5. The van der Waals surface area contributed by atoms with Crippen molar-refractivity contribution >= 4 is 63.3 Å². The number of rotatable bonds is 7. The van der Waals surface area contributed by atoms with Crippen LogP contribution in [-0.4, -0.2) is 6.85 Å². The van der Waals surface area contributed by atoms with Gasteiger partial charge in [0.15, 0.2) is 0 Å². The van der Waals surface area contributed by atoms with Gasteiger partial charge in [0.05, 0.1) is 5.69 Å². The van der Waals surface area contributed by atoms with Gasteiger partial charge in [0.2, 0.25) is 0 Å². The smallest absolute Gasteiger partial charge is 0.333 e. The lowest BCUT2D eigenvalue weighted by atomic mass is 9.43. The minimum atomic E-state index is -0.225. The molecule has 0 radical (unpaired) electrons. The van der Waals surface area contributed by atoms with Crippen LogP contribution in [0.2, 0.25) is 0 Å². The Morgan fingerprint density at radius 1 is 0.412 bits per heavy atom. The average Bonchev–Trinajstić information content (AvgIpc) is 3.63. The maximum absolute atomic E-state index is 2.65. The van der Waals surface area contributed by atoms with E-state index in [1.54, 1.807) is 0 Å². The summed E-state index contributed by atoms with van der Waals surface area (Å²) in [7, 11) is 0. The van der Waals surface area contributed by atoms with Crippen LogP contribution in [0.3, 0.4) is 0 Å². The molecule has 0 fully saturated rings. The van der Waals surface area contributed by atoms with E-state index < -0.39 is 0 Å². The van der Waals surface area contributed by atoms with Crippen molar-refractivity contribution in [2.45, 2.75) is 26.2 Å². The molecule has 2 heterocycles. The Morgan fingerprint density at radius 2 is 0.985 bits per heavy atom. The largest absolute Gasteiger partial charge is 0.376 e. The molecule has 68 heavy (non-hydrogen) atoms. The first kappa shape index (κ1) is 40.0. The predicted molar refractivity (Wildman–Crippen MR) is 288 cm³/mol. The Kier molecular flexibility index (Phi) is 9.20. The van der Waals surface area contributed by atoms with E-state index in [4.69, 9.17) is 0 Å². The number of benzene rings is 10. The van der Waals surface area contributed by atoms with Crippen molar-refractivity contribution in [2.75, 3.05) is 14.6 Å². The lowest BCUT2D eigenvalue weighted by molar-refractivity contribution is 0.660. The molecule has 0 atom stereocenters. The third-order valence-electron chi connectivity index (χ3n) is 14.7. The molecule has 0 saturated carbocycles. The van der Waals surface area contributed by atoms with Crippen LogP contribution in [0.15, 0.2) is 237 Å². The van der Waals surface area contributed by atoms with E-state index in [-0.39, 0.29) is 12.3 Å². The summed E-state index contributed by atoms with van der Waals surface area (Å²) in [6.07, 6.45) is 0. The summed E-state index contributed by atoms with van der Waals surface area (Å²) >= 11 is 0. The van der Waals surface area contributed by atoms with E-state index in [2.05, 4.69) is 272 Å². The number of aryl methyl sites for hydroxylation is 1. The summed E-state index contributed by atoms with van der Waals surface area (Å²) < 4.78 is 0. The van der Waals surface area contributed by atoms with Crippen LogP contribution in [0, 0.1) is 6.92 Å². The zero-order valence-corrected chi connectivity index (χ0v) is 38.4. The van der Waals surface area contributed by atoms with Crippen LogP contribution in [0.4, 0.5) is 45.5 Å². The number of hydrogen-bond donors (Lipinski definition) is 0. The molecule has 0 N–H and O–H groups in total. The second kappa shape index (κ2) is 15.6. The maximum Gasteiger partial charge on any atom is 0.333 e. The molecule has 13 rings (SSSR count). The van der Waals surface area contributed by atoms with Crippen molar-refractivity contribution < 1.29 is 0 Å². The van der Waals surface area contributed by atoms with E-state index in [9.17, 15) is 0 Å². The van der Waals surface area contributed by atoms with Crippen LogP contribution in [0.1, 0.15) is 30.5 Å². The number of fused-ring (bicyclic) bond motifs is 8. The van der Waals surface area contributed by atoms with Gasteiger partial charge in [0, 0.05) is 56.4 Å². The van der Waals surface area contributed by atoms with Crippen molar-refractivity contribution in [3.05, 3.63) is 253 Å². The van der Waals surface area contributed by atoms with Gasteiger partial charge in [-0.05, 0) is 147 Å². The quantitative estimate of drug-likeness (QED) is 0.148. The molecule has 10 aromatic carbocycles. The van der Waals surface area contributed by atoms with Crippen molar-refractivity contribution in [1.82, 2.24) is 0 Å². The number of nitrogens with zero attached hydrogens (tertiary/aromatic N) is 3. The standard InChI is InChI=1S/C64H48BN3/c1-43-39-47(45-23-10-5-11-24-45)35-37-58(43)67-60-38-36-50(66(48-26-12-6-13-27-48)49-28-14-7-15-29-49)41-57(60)65-62-54(42-56-61(63(62)67)53-32-16-18-33-55(53)64(56,2)3)52-31-17-19-34-59(52)68(65)51-30-20-25-46(40-51)44-21-8-4-9-22-44/h4-42H,1-3H3. The highest BCUT2D eigenvalue weighted by atomic mass is 15.2. The SMILES string of the molecule is Cc1cc(-c2ccccc2)ccc1N1c2ccc(N(c3ccccc3)c3ccccc3)cc2B2c3c(cc4c(c31)-c1ccccc1C4(C)C)-c1ccccc1N2c1cccc(-c2ccccc2)c1. The highest BCUT2D eigenvalue weighted by Crippen LogP contribution is 2.58. The highest BCUT2D eigenvalue weighted by Gasteiger charge is 2.50. The lowest BCUT2D eigenvalue weighted by Crippen LogP contribution is -2.62. The lowest BCUT2D eigenvalue weighted by Gasteiger charge is -2.47.